The first-order valence-electron chi connectivity index (χ1n) is 9.88. The summed E-state index contributed by atoms with van der Waals surface area (Å²) < 4.78 is 12.5. The number of nitrogens with zero attached hydrogens (tertiary/aromatic N) is 2. The Morgan fingerprint density at radius 2 is 1.84 bits per heavy atom. The van der Waals surface area contributed by atoms with Gasteiger partial charge >= 0.3 is 0 Å². The number of rotatable bonds is 5. The predicted molar refractivity (Wildman–Crippen MR) is 123 cm³/mol. The number of hydrogen-bond acceptors (Lipinski definition) is 5. The predicted octanol–water partition coefficient (Wildman–Crippen LogP) is 4.36. The normalized spacial score (nSPS) is 17.8. The fourth-order valence-corrected chi connectivity index (χ4v) is 4.87. The quantitative estimate of drug-likeness (QED) is 0.606. The fourth-order valence-electron chi connectivity index (χ4n) is 3.55. The summed E-state index contributed by atoms with van der Waals surface area (Å²) in [7, 11) is 1.63. The lowest BCUT2D eigenvalue weighted by molar-refractivity contribution is -0.115. The Hall–Kier alpha value is -3.37. The number of anilines is 1. The van der Waals surface area contributed by atoms with Gasteiger partial charge in [0.15, 0.2) is 0 Å². The van der Waals surface area contributed by atoms with Gasteiger partial charge < -0.3 is 14.8 Å². The first kappa shape index (κ1) is 20.9. The Morgan fingerprint density at radius 1 is 1.16 bits per heavy atom. The molecule has 1 aromatic heterocycles. The summed E-state index contributed by atoms with van der Waals surface area (Å²) in [6.45, 7) is 4.12. The second kappa shape index (κ2) is 8.78. The average molecular weight is 434 g/mol. The summed E-state index contributed by atoms with van der Waals surface area (Å²) in [5.74, 6) is 4.60. The molecule has 0 fully saturated rings. The van der Waals surface area contributed by atoms with Gasteiger partial charge in [-0.2, -0.15) is 5.10 Å². The van der Waals surface area contributed by atoms with Crippen LogP contribution in [-0.2, 0) is 4.79 Å². The number of thioether (sulfide) groups is 1. The zero-order valence-corrected chi connectivity index (χ0v) is 18.4. The fraction of sp³-hybridized carbons (Fsp3) is 0.250. The van der Waals surface area contributed by atoms with Crippen LogP contribution in [0.3, 0.4) is 0 Å². The number of terminal acetylenes is 1. The minimum atomic E-state index is -0.224. The molecule has 1 aliphatic rings. The van der Waals surface area contributed by atoms with E-state index < -0.39 is 0 Å². The van der Waals surface area contributed by atoms with Crippen molar-refractivity contribution in [1.82, 2.24) is 9.78 Å². The molecule has 1 N–H and O–H groups in total. The number of benzene rings is 2. The van der Waals surface area contributed by atoms with Crippen molar-refractivity contribution in [3.63, 3.8) is 0 Å². The number of aromatic nitrogens is 2. The van der Waals surface area contributed by atoms with Crippen molar-refractivity contribution in [2.45, 2.75) is 24.3 Å². The number of carbonyl (C=O) groups is 1. The SMILES string of the molecule is C#CCOc1ccc([C@@H]2S[C@H](C)C(=O)Nc3c2c(C)nn3-c2ccc(OC)cc2)cc1. The number of methoxy groups -OCH3 is 1. The maximum absolute atomic E-state index is 12.8. The molecular weight excluding hydrogens is 410 g/mol. The van der Waals surface area contributed by atoms with E-state index in [1.807, 2.05) is 62.4 Å². The maximum Gasteiger partial charge on any atom is 0.238 e. The van der Waals surface area contributed by atoms with Crippen molar-refractivity contribution in [2.24, 2.45) is 0 Å². The van der Waals surface area contributed by atoms with E-state index in [-0.39, 0.29) is 23.0 Å². The van der Waals surface area contributed by atoms with E-state index in [2.05, 4.69) is 11.2 Å². The highest BCUT2D eigenvalue weighted by molar-refractivity contribution is 8.01. The maximum atomic E-state index is 12.8. The van der Waals surface area contributed by atoms with Crippen molar-refractivity contribution >= 4 is 23.5 Å². The first-order valence-corrected chi connectivity index (χ1v) is 10.8. The van der Waals surface area contributed by atoms with Crippen molar-refractivity contribution in [3.05, 3.63) is 65.4 Å². The van der Waals surface area contributed by atoms with Crippen molar-refractivity contribution in [1.29, 1.82) is 0 Å². The third kappa shape index (κ3) is 4.12. The molecule has 3 aromatic rings. The highest BCUT2D eigenvalue weighted by atomic mass is 32.2. The van der Waals surface area contributed by atoms with E-state index in [0.717, 1.165) is 28.3 Å². The molecule has 4 rings (SSSR count). The molecule has 0 saturated carbocycles. The molecule has 0 radical (unpaired) electrons. The summed E-state index contributed by atoms with van der Waals surface area (Å²) in [5, 5.41) is 7.56. The highest BCUT2D eigenvalue weighted by Gasteiger charge is 2.34. The topological polar surface area (TPSA) is 65.4 Å². The molecular formula is C24H23N3O3S. The molecule has 1 amide bonds. The van der Waals surface area contributed by atoms with Crippen LogP contribution in [0.25, 0.3) is 5.69 Å². The van der Waals surface area contributed by atoms with Crippen LogP contribution >= 0.6 is 11.8 Å². The van der Waals surface area contributed by atoms with Crippen molar-refractivity contribution in [3.8, 4) is 29.5 Å². The zero-order chi connectivity index (χ0) is 22.0. The van der Waals surface area contributed by atoms with Gasteiger partial charge in [-0.25, -0.2) is 4.68 Å². The summed E-state index contributed by atoms with van der Waals surface area (Å²) in [5.41, 5.74) is 3.78. The van der Waals surface area contributed by atoms with Crippen LogP contribution in [-0.4, -0.2) is 34.7 Å². The molecule has 2 atom stereocenters. The largest absolute Gasteiger partial charge is 0.497 e. The van der Waals surface area contributed by atoms with E-state index in [0.29, 0.717) is 11.6 Å². The van der Waals surface area contributed by atoms with E-state index in [1.54, 1.807) is 23.6 Å². The summed E-state index contributed by atoms with van der Waals surface area (Å²) in [6, 6.07) is 15.4. The number of amides is 1. The first-order chi connectivity index (χ1) is 15.0. The van der Waals surface area contributed by atoms with Gasteiger partial charge in [-0.3, -0.25) is 4.79 Å². The minimum Gasteiger partial charge on any atom is -0.497 e. The number of fused-ring (bicyclic) bond motifs is 1. The Bertz CT molecular complexity index is 1130. The highest BCUT2D eigenvalue weighted by Crippen LogP contribution is 2.46. The van der Waals surface area contributed by atoms with Crippen molar-refractivity contribution < 1.29 is 14.3 Å². The van der Waals surface area contributed by atoms with Crippen LogP contribution in [0, 0.1) is 19.3 Å². The molecule has 1 aliphatic heterocycles. The number of hydrogen-bond donors (Lipinski definition) is 1. The minimum absolute atomic E-state index is 0.0441. The van der Waals surface area contributed by atoms with E-state index in [1.165, 1.54) is 0 Å². The molecule has 0 saturated heterocycles. The number of nitrogens with one attached hydrogen (secondary N) is 1. The van der Waals surface area contributed by atoms with E-state index in [4.69, 9.17) is 21.0 Å². The molecule has 0 unspecified atom stereocenters. The Morgan fingerprint density at radius 3 is 2.48 bits per heavy atom. The molecule has 0 spiro atoms. The summed E-state index contributed by atoms with van der Waals surface area (Å²) in [6.07, 6.45) is 5.27. The lowest BCUT2D eigenvalue weighted by atomic mass is 10.0. The summed E-state index contributed by atoms with van der Waals surface area (Å²) in [4.78, 5) is 12.8. The Labute approximate surface area is 185 Å². The van der Waals surface area contributed by atoms with Gasteiger partial charge in [0.2, 0.25) is 5.91 Å². The van der Waals surface area contributed by atoms with Crippen LogP contribution in [0.1, 0.15) is 29.0 Å². The molecule has 158 valence electrons. The standard InChI is InChI=1S/C24H23N3O3S/c1-5-14-30-20-10-6-17(7-11-20)22-21-15(2)26-27(18-8-12-19(29-4)13-9-18)23(21)25-24(28)16(3)31-22/h1,6-13,16,22H,14H2,2-4H3,(H,25,28)/t16-,22+/m1/s1. The molecule has 0 aliphatic carbocycles. The van der Waals surface area contributed by atoms with Crippen LogP contribution in [0.4, 0.5) is 5.82 Å². The Kier molecular flexibility index (Phi) is 5.92. The third-order valence-electron chi connectivity index (χ3n) is 5.14. The molecule has 2 aromatic carbocycles. The van der Waals surface area contributed by atoms with Crippen LogP contribution in [0.15, 0.2) is 48.5 Å². The van der Waals surface area contributed by atoms with Gasteiger partial charge in [-0.1, -0.05) is 18.1 Å². The van der Waals surface area contributed by atoms with Gasteiger partial charge in [-0.15, -0.1) is 18.2 Å². The van der Waals surface area contributed by atoms with Crippen LogP contribution in [0.2, 0.25) is 0 Å². The van der Waals surface area contributed by atoms with Gasteiger partial charge in [0.25, 0.3) is 0 Å². The third-order valence-corrected chi connectivity index (χ3v) is 6.54. The summed E-state index contributed by atoms with van der Waals surface area (Å²) >= 11 is 1.61. The average Bonchev–Trinajstić information content (AvgIpc) is 3.04. The van der Waals surface area contributed by atoms with Gasteiger partial charge in [0.05, 0.1) is 29.0 Å². The molecule has 6 nitrogen and oxygen atoms in total. The van der Waals surface area contributed by atoms with Crippen LogP contribution < -0.4 is 14.8 Å². The monoisotopic (exact) mass is 433 g/mol. The number of aryl methyl sites for hydroxylation is 1. The lowest BCUT2D eigenvalue weighted by Gasteiger charge is -2.18. The zero-order valence-electron chi connectivity index (χ0n) is 17.6. The van der Waals surface area contributed by atoms with Gasteiger partial charge in [0, 0.05) is 5.56 Å². The van der Waals surface area contributed by atoms with Crippen molar-refractivity contribution in [2.75, 3.05) is 19.0 Å². The van der Waals surface area contributed by atoms with Crippen LogP contribution in [0.5, 0.6) is 11.5 Å². The van der Waals surface area contributed by atoms with Gasteiger partial charge in [0.1, 0.15) is 23.9 Å². The van der Waals surface area contributed by atoms with E-state index >= 15 is 0 Å². The number of ether oxygens (including phenoxy) is 2. The Balaban J connectivity index is 1.78. The molecule has 31 heavy (non-hydrogen) atoms. The van der Waals surface area contributed by atoms with Gasteiger partial charge in [-0.05, 0) is 55.8 Å². The molecule has 0 bridgehead atoms. The smallest absolute Gasteiger partial charge is 0.238 e. The van der Waals surface area contributed by atoms with E-state index in [9.17, 15) is 4.79 Å². The molecule has 2 heterocycles. The number of carbonyl (C=O) groups excluding carboxylic acids is 1. The molecule has 7 heteroatoms. The second-order valence-corrected chi connectivity index (χ2v) is 8.62. The lowest BCUT2D eigenvalue weighted by Crippen LogP contribution is -2.22. The second-order valence-electron chi connectivity index (χ2n) is 7.17.